The Morgan fingerprint density at radius 2 is 1.76 bits per heavy atom. The number of carboxylic acid groups (broad SMARTS) is 1. The van der Waals surface area contributed by atoms with Crippen LogP contribution in [0.1, 0.15) is 15.9 Å². The van der Waals surface area contributed by atoms with Crippen LogP contribution in [0.5, 0.6) is 23.0 Å². The number of hydrogen-bond donors (Lipinski definition) is 3. The summed E-state index contributed by atoms with van der Waals surface area (Å²) in [6.07, 6.45) is 1.56. The van der Waals surface area contributed by atoms with E-state index in [1.807, 2.05) is 0 Å². The lowest BCUT2D eigenvalue weighted by molar-refractivity contribution is -0.113. The van der Waals surface area contributed by atoms with E-state index in [1.165, 1.54) is 49.5 Å². The molecule has 1 heterocycles. The largest absolute Gasteiger partial charge is 0.507 e. The molecule has 0 radical (unpaired) electrons. The second kappa shape index (κ2) is 8.02. The van der Waals surface area contributed by atoms with Gasteiger partial charge in [0.2, 0.25) is 5.75 Å². The highest BCUT2D eigenvalue weighted by atomic mass is 32.2. The van der Waals surface area contributed by atoms with Crippen molar-refractivity contribution in [1.29, 1.82) is 0 Å². The van der Waals surface area contributed by atoms with E-state index in [9.17, 15) is 19.8 Å². The van der Waals surface area contributed by atoms with Crippen LogP contribution in [0.25, 0.3) is 6.08 Å². The molecule has 2 aromatic carbocycles. The molecular weight excluding hydrogens is 418 g/mol. The van der Waals surface area contributed by atoms with Crippen molar-refractivity contribution in [3.8, 4) is 23.0 Å². The van der Waals surface area contributed by atoms with Gasteiger partial charge < -0.3 is 24.8 Å². The lowest BCUT2D eigenvalue weighted by Crippen LogP contribution is -2.27. The van der Waals surface area contributed by atoms with E-state index in [0.29, 0.717) is 10.5 Å². The second-order valence-corrected chi connectivity index (χ2v) is 7.47. The van der Waals surface area contributed by atoms with Gasteiger partial charge in [-0.05, 0) is 35.9 Å². The first kappa shape index (κ1) is 20.5. The number of carboxylic acids is 1. The first-order valence-corrected chi connectivity index (χ1v) is 9.28. The van der Waals surface area contributed by atoms with Gasteiger partial charge in [-0.3, -0.25) is 9.69 Å². The van der Waals surface area contributed by atoms with Crippen LogP contribution in [0.15, 0.2) is 35.2 Å². The van der Waals surface area contributed by atoms with Crippen LogP contribution in [0.3, 0.4) is 0 Å². The molecule has 0 aromatic heterocycles. The van der Waals surface area contributed by atoms with E-state index in [1.54, 1.807) is 6.08 Å². The number of phenolic OH excluding ortho intramolecular Hbond substituents is 1. The third-order valence-corrected chi connectivity index (χ3v) is 5.37. The minimum absolute atomic E-state index is 0.159. The van der Waals surface area contributed by atoms with Crippen LogP contribution in [0.4, 0.5) is 5.69 Å². The number of amides is 1. The molecule has 29 heavy (non-hydrogen) atoms. The molecule has 0 atom stereocenters. The first-order valence-electron chi connectivity index (χ1n) is 8.06. The molecule has 1 amide bonds. The van der Waals surface area contributed by atoms with Crippen LogP contribution < -0.4 is 14.4 Å². The van der Waals surface area contributed by atoms with Crippen LogP contribution in [-0.4, -0.2) is 45.7 Å². The first-order chi connectivity index (χ1) is 13.8. The van der Waals surface area contributed by atoms with Crippen LogP contribution in [0.2, 0.25) is 0 Å². The Morgan fingerprint density at radius 1 is 1.14 bits per heavy atom. The monoisotopic (exact) mass is 433 g/mol. The predicted octanol–water partition coefficient (Wildman–Crippen LogP) is 3.22. The van der Waals surface area contributed by atoms with Crippen molar-refractivity contribution in [3.63, 3.8) is 0 Å². The summed E-state index contributed by atoms with van der Waals surface area (Å²) in [6.45, 7) is 0. The van der Waals surface area contributed by atoms with Crippen molar-refractivity contribution in [3.05, 3.63) is 46.4 Å². The Labute approximate surface area is 175 Å². The molecule has 2 aromatic rings. The van der Waals surface area contributed by atoms with Crippen molar-refractivity contribution in [2.75, 3.05) is 19.1 Å². The number of methoxy groups -OCH3 is 2. The van der Waals surface area contributed by atoms with E-state index < -0.39 is 17.6 Å². The smallest absolute Gasteiger partial charge is 0.339 e. The third-order valence-electron chi connectivity index (χ3n) is 4.06. The topological polar surface area (TPSA) is 117 Å². The normalized spacial score (nSPS) is 15.1. The number of carbonyl (C=O) groups is 2. The van der Waals surface area contributed by atoms with Crippen LogP contribution in [0, 0.1) is 0 Å². The fraction of sp³-hybridized carbons (Fsp3) is 0.105. The van der Waals surface area contributed by atoms with Crippen molar-refractivity contribution < 1.29 is 34.4 Å². The summed E-state index contributed by atoms with van der Waals surface area (Å²) in [5, 5.41) is 28.9. The number of nitrogens with zero attached hydrogens (tertiary/aromatic N) is 1. The molecule has 0 bridgehead atoms. The number of aromatic carboxylic acids is 1. The molecule has 0 unspecified atom stereocenters. The van der Waals surface area contributed by atoms with Crippen molar-refractivity contribution >= 4 is 51.9 Å². The number of benzene rings is 2. The van der Waals surface area contributed by atoms with Gasteiger partial charge in [-0.25, -0.2) is 4.79 Å². The van der Waals surface area contributed by atoms with Gasteiger partial charge in [-0.1, -0.05) is 24.0 Å². The zero-order chi connectivity index (χ0) is 21.3. The van der Waals surface area contributed by atoms with E-state index in [4.69, 9.17) is 26.8 Å². The van der Waals surface area contributed by atoms with Gasteiger partial charge in [0.25, 0.3) is 5.91 Å². The number of anilines is 1. The summed E-state index contributed by atoms with van der Waals surface area (Å²) in [7, 11) is 2.79. The summed E-state index contributed by atoms with van der Waals surface area (Å²) in [6, 6.07) is 6.84. The minimum Gasteiger partial charge on any atom is -0.507 e. The maximum Gasteiger partial charge on any atom is 0.339 e. The third kappa shape index (κ3) is 3.84. The molecule has 1 aliphatic rings. The van der Waals surface area contributed by atoms with Crippen molar-refractivity contribution in [1.82, 2.24) is 0 Å². The zero-order valence-electron chi connectivity index (χ0n) is 15.2. The van der Waals surface area contributed by atoms with E-state index in [0.717, 1.165) is 11.8 Å². The molecule has 1 aliphatic heterocycles. The molecule has 3 N–H and O–H groups in total. The van der Waals surface area contributed by atoms with Gasteiger partial charge in [-0.15, -0.1) is 0 Å². The number of phenols is 2. The van der Waals surface area contributed by atoms with E-state index >= 15 is 0 Å². The highest BCUT2D eigenvalue weighted by Gasteiger charge is 2.34. The Hall–Kier alpha value is -3.24. The molecule has 3 rings (SSSR count). The number of hydrogen-bond acceptors (Lipinski definition) is 8. The lowest BCUT2D eigenvalue weighted by Gasteiger charge is -2.15. The molecule has 150 valence electrons. The van der Waals surface area contributed by atoms with Gasteiger partial charge in [-0.2, -0.15) is 0 Å². The summed E-state index contributed by atoms with van der Waals surface area (Å²) in [5.41, 5.74) is 0.512. The highest BCUT2D eigenvalue weighted by Crippen LogP contribution is 2.41. The SMILES string of the molecule is COc1cc(/C=C2/SC(=S)N(c3ccc(C(=O)O)c(O)c3)C2=O)cc(OC)c1O. The standard InChI is InChI=1S/C19H15NO7S2/c1-26-13-5-9(6-14(27-2)16(13)22)7-15-17(23)20(19(28)29-15)10-3-4-11(18(24)25)12(21)8-10/h3-8,21-22H,1-2H3,(H,24,25)/b15-7+. The van der Waals surface area contributed by atoms with Crippen LogP contribution in [-0.2, 0) is 4.79 Å². The maximum absolute atomic E-state index is 12.9. The zero-order valence-corrected chi connectivity index (χ0v) is 16.8. The molecule has 8 nitrogen and oxygen atoms in total. The molecule has 0 spiro atoms. The predicted molar refractivity (Wildman–Crippen MR) is 112 cm³/mol. The number of aromatic hydroxyl groups is 2. The minimum atomic E-state index is -1.28. The average Bonchev–Trinajstić information content (AvgIpc) is 2.95. The van der Waals surface area contributed by atoms with Crippen LogP contribution >= 0.6 is 24.0 Å². The van der Waals surface area contributed by atoms with Gasteiger partial charge >= 0.3 is 5.97 Å². The maximum atomic E-state index is 12.9. The summed E-state index contributed by atoms with van der Waals surface area (Å²) in [5.74, 6) is -1.99. The summed E-state index contributed by atoms with van der Waals surface area (Å²) < 4.78 is 10.4. The van der Waals surface area contributed by atoms with Gasteiger partial charge in [0, 0.05) is 6.07 Å². The number of thiocarbonyl (C=S) groups is 1. The molecule has 1 saturated heterocycles. The molecular formula is C19H15NO7S2. The molecule has 1 fully saturated rings. The van der Waals surface area contributed by atoms with Gasteiger partial charge in [0.05, 0.1) is 24.8 Å². The Kier molecular flexibility index (Phi) is 5.66. The number of ether oxygens (including phenoxy) is 2. The fourth-order valence-corrected chi connectivity index (χ4v) is 3.98. The summed E-state index contributed by atoms with van der Waals surface area (Å²) >= 11 is 6.32. The molecule has 0 aliphatic carbocycles. The molecule has 10 heteroatoms. The Bertz CT molecular complexity index is 1040. The van der Waals surface area contributed by atoms with Gasteiger partial charge in [0.15, 0.2) is 15.8 Å². The quantitative estimate of drug-likeness (QED) is 0.483. The highest BCUT2D eigenvalue weighted by molar-refractivity contribution is 8.27. The Balaban J connectivity index is 1.97. The molecule has 0 saturated carbocycles. The van der Waals surface area contributed by atoms with E-state index in [-0.39, 0.29) is 32.8 Å². The number of rotatable bonds is 5. The average molecular weight is 433 g/mol. The van der Waals surface area contributed by atoms with E-state index in [2.05, 4.69) is 0 Å². The van der Waals surface area contributed by atoms with Crippen molar-refractivity contribution in [2.24, 2.45) is 0 Å². The number of thioether (sulfide) groups is 1. The van der Waals surface area contributed by atoms with Crippen molar-refractivity contribution in [2.45, 2.75) is 0 Å². The summed E-state index contributed by atoms with van der Waals surface area (Å²) in [4.78, 5) is 25.4. The lowest BCUT2D eigenvalue weighted by atomic mass is 10.1. The van der Waals surface area contributed by atoms with Gasteiger partial charge in [0.1, 0.15) is 11.3 Å². The fourth-order valence-electron chi connectivity index (χ4n) is 2.68. The Morgan fingerprint density at radius 3 is 2.28 bits per heavy atom. The number of carbonyl (C=O) groups excluding carboxylic acids is 1. The second-order valence-electron chi connectivity index (χ2n) is 5.80.